The van der Waals surface area contributed by atoms with Crippen LogP contribution in [0.4, 0.5) is 4.79 Å². The molecule has 0 radical (unpaired) electrons. The molecule has 2 aliphatic heterocycles. The molecule has 0 N–H and O–H groups in total. The molecule has 0 bridgehead atoms. The molecule has 2 rings (SSSR count). The molecule has 2 amide bonds. The fourth-order valence-corrected chi connectivity index (χ4v) is 2.05. The van der Waals surface area contributed by atoms with E-state index in [-0.39, 0.29) is 24.0 Å². The highest BCUT2D eigenvalue weighted by atomic mass is 16.6. The fourth-order valence-electron chi connectivity index (χ4n) is 2.05. The summed E-state index contributed by atoms with van der Waals surface area (Å²) in [5, 5.41) is 0. The van der Waals surface area contributed by atoms with Crippen molar-refractivity contribution < 1.29 is 14.3 Å². The number of hydrogen-bond acceptors (Lipinski definition) is 3. The van der Waals surface area contributed by atoms with E-state index in [4.69, 9.17) is 4.74 Å². The van der Waals surface area contributed by atoms with Gasteiger partial charge in [-0.1, -0.05) is 13.8 Å². The number of carbonyl (C=O) groups excluding carboxylic acids is 2. The third-order valence-corrected chi connectivity index (χ3v) is 2.92. The molecule has 15 heavy (non-hydrogen) atoms. The number of carbonyl (C=O) groups is 2. The van der Waals surface area contributed by atoms with Crippen molar-refractivity contribution in [3.05, 3.63) is 0 Å². The number of hydrogen-bond donors (Lipinski definition) is 0. The van der Waals surface area contributed by atoms with E-state index in [0.29, 0.717) is 26.2 Å². The van der Waals surface area contributed by atoms with Gasteiger partial charge in [-0.2, -0.15) is 0 Å². The summed E-state index contributed by atoms with van der Waals surface area (Å²) >= 11 is 0. The largest absolute Gasteiger partial charge is 0.447 e. The van der Waals surface area contributed by atoms with Crippen molar-refractivity contribution in [1.29, 1.82) is 0 Å². The lowest BCUT2D eigenvalue weighted by atomic mass is 10.1. The van der Waals surface area contributed by atoms with Crippen molar-refractivity contribution >= 4 is 12.0 Å². The summed E-state index contributed by atoms with van der Waals surface area (Å²) < 4.78 is 4.94. The van der Waals surface area contributed by atoms with Crippen LogP contribution >= 0.6 is 0 Å². The van der Waals surface area contributed by atoms with Gasteiger partial charge in [0.25, 0.3) is 0 Å². The molecule has 0 saturated carbocycles. The van der Waals surface area contributed by atoms with Crippen LogP contribution in [0.1, 0.15) is 13.8 Å². The second-order valence-electron chi connectivity index (χ2n) is 4.36. The van der Waals surface area contributed by atoms with Crippen LogP contribution in [-0.4, -0.2) is 54.1 Å². The highest BCUT2D eigenvalue weighted by Gasteiger charge is 2.38. The SMILES string of the molecule is CC(C)C(=O)N1CCN2C(=O)OCC2C1. The molecule has 0 aliphatic carbocycles. The molecule has 1 unspecified atom stereocenters. The van der Waals surface area contributed by atoms with Crippen LogP contribution in [0, 0.1) is 5.92 Å². The van der Waals surface area contributed by atoms with Gasteiger partial charge in [0.15, 0.2) is 0 Å². The van der Waals surface area contributed by atoms with Gasteiger partial charge in [0.05, 0.1) is 6.04 Å². The van der Waals surface area contributed by atoms with E-state index < -0.39 is 0 Å². The molecule has 2 fully saturated rings. The highest BCUT2D eigenvalue weighted by molar-refractivity contribution is 5.79. The van der Waals surface area contributed by atoms with Crippen LogP contribution in [0.2, 0.25) is 0 Å². The number of ether oxygens (including phenoxy) is 1. The second kappa shape index (κ2) is 3.72. The van der Waals surface area contributed by atoms with Crippen molar-refractivity contribution in [2.75, 3.05) is 26.2 Å². The van der Waals surface area contributed by atoms with Crippen molar-refractivity contribution in [2.24, 2.45) is 5.92 Å². The van der Waals surface area contributed by atoms with Gasteiger partial charge >= 0.3 is 6.09 Å². The second-order valence-corrected chi connectivity index (χ2v) is 4.36. The predicted octanol–water partition coefficient (Wildman–Crippen LogP) is 0.305. The number of cyclic esters (lactones) is 1. The molecular formula is C10H16N2O3. The summed E-state index contributed by atoms with van der Waals surface area (Å²) in [5.74, 6) is 0.184. The van der Waals surface area contributed by atoms with Crippen molar-refractivity contribution in [3.8, 4) is 0 Å². The highest BCUT2D eigenvalue weighted by Crippen LogP contribution is 2.18. The Bertz CT molecular complexity index is 290. The topological polar surface area (TPSA) is 49.9 Å². The Hall–Kier alpha value is -1.26. The minimum Gasteiger partial charge on any atom is -0.447 e. The molecule has 84 valence electrons. The average molecular weight is 212 g/mol. The van der Waals surface area contributed by atoms with E-state index in [1.165, 1.54) is 0 Å². The molecule has 0 aromatic carbocycles. The number of amides is 2. The molecule has 0 aromatic rings. The maximum Gasteiger partial charge on any atom is 0.410 e. The Morgan fingerprint density at radius 2 is 2.20 bits per heavy atom. The Morgan fingerprint density at radius 3 is 2.87 bits per heavy atom. The van der Waals surface area contributed by atoms with E-state index >= 15 is 0 Å². The van der Waals surface area contributed by atoms with Crippen molar-refractivity contribution in [3.63, 3.8) is 0 Å². The first-order valence-corrected chi connectivity index (χ1v) is 5.32. The molecule has 1 atom stereocenters. The van der Waals surface area contributed by atoms with Crippen LogP contribution < -0.4 is 0 Å². The Balaban J connectivity index is 1.99. The van der Waals surface area contributed by atoms with Crippen LogP contribution in [-0.2, 0) is 9.53 Å². The zero-order chi connectivity index (χ0) is 11.0. The Labute approximate surface area is 89.0 Å². The van der Waals surface area contributed by atoms with Crippen LogP contribution in [0.5, 0.6) is 0 Å². The van der Waals surface area contributed by atoms with Gasteiger partial charge in [-0.15, -0.1) is 0 Å². The van der Waals surface area contributed by atoms with E-state index in [9.17, 15) is 9.59 Å². The smallest absolute Gasteiger partial charge is 0.410 e. The molecule has 2 saturated heterocycles. The number of nitrogens with zero attached hydrogens (tertiary/aromatic N) is 2. The predicted molar refractivity (Wildman–Crippen MR) is 53.3 cm³/mol. The Morgan fingerprint density at radius 1 is 1.47 bits per heavy atom. The zero-order valence-corrected chi connectivity index (χ0v) is 9.10. The fraction of sp³-hybridized carbons (Fsp3) is 0.800. The maximum atomic E-state index is 11.7. The summed E-state index contributed by atoms with van der Waals surface area (Å²) in [6.07, 6.45) is -0.239. The maximum absolute atomic E-state index is 11.7. The summed E-state index contributed by atoms with van der Waals surface area (Å²) in [4.78, 5) is 26.5. The third kappa shape index (κ3) is 1.78. The summed E-state index contributed by atoms with van der Waals surface area (Å²) in [6.45, 7) is 6.05. The molecular weight excluding hydrogens is 196 g/mol. The lowest BCUT2D eigenvalue weighted by Gasteiger charge is -2.36. The molecule has 0 aromatic heterocycles. The standard InChI is InChI=1S/C10H16N2O3/c1-7(2)9(13)11-3-4-12-8(5-11)6-15-10(12)14/h7-8H,3-6H2,1-2H3. The first-order valence-electron chi connectivity index (χ1n) is 5.32. The molecule has 5 heteroatoms. The summed E-state index contributed by atoms with van der Waals surface area (Å²) in [5.41, 5.74) is 0. The van der Waals surface area contributed by atoms with Gasteiger partial charge in [-0.05, 0) is 0 Å². The van der Waals surface area contributed by atoms with Crippen LogP contribution in [0.25, 0.3) is 0 Å². The van der Waals surface area contributed by atoms with E-state index in [2.05, 4.69) is 0 Å². The molecule has 2 aliphatic rings. The first-order chi connectivity index (χ1) is 7.09. The zero-order valence-electron chi connectivity index (χ0n) is 9.10. The van der Waals surface area contributed by atoms with Crippen molar-refractivity contribution in [2.45, 2.75) is 19.9 Å². The van der Waals surface area contributed by atoms with E-state index in [1.54, 1.807) is 4.90 Å². The minimum atomic E-state index is -0.239. The lowest BCUT2D eigenvalue weighted by molar-refractivity contribution is -0.136. The number of fused-ring (bicyclic) bond motifs is 1. The van der Waals surface area contributed by atoms with Gasteiger partial charge in [-0.25, -0.2) is 4.79 Å². The van der Waals surface area contributed by atoms with Gasteiger partial charge in [0.2, 0.25) is 5.91 Å². The van der Waals surface area contributed by atoms with Crippen molar-refractivity contribution in [1.82, 2.24) is 9.80 Å². The molecule has 0 spiro atoms. The summed E-state index contributed by atoms with van der Waals surface area (Å²) in [7, 11) is 0. The average Bonchev–Trinajstić information content (AvgIpc) is 2.59. The lowest BCUT2D eigenvalue weighted by Crippen LogP contribution is -2.54. The molecule has 5 nitrogen and oxygen atoms in total. The normalized spacial score (nSPS) is 25.5. The van der Waals surface area contributed by atoms with Gasteiger partial charge in [-0.3, -0.25) is 9.69 Å². The molecule has 2 heterocycles. The van der Waals surface area contributed by atoms with Gasteiger partial charge < -0.3 is 9.64 Å². The minimum absolute atomic E-state index is 0.0228. The number of piperazine rings is 1. The number of rotatable bonds is 1. The quantitative estimate of drug-likeness (QED) is 0.628. The summed E-state index contributed by atoms with van der Waals surface area (Å²) in [6, 6.07) is 0.0638. The monoisotopic (exact) mass is 212 g/mol. The van der Waals surface area contributed by atoms with Crippen LogP contribution in [0.15, 0.2) is 0 Å². The van der Waals surface area contributed by atoms with E-state index in [1.807, 2.05) is 18.7 Å². The Kier molecular flexibility index (Phi) is 2.54. The van der Waals surface area contributed by atoms with Crippen LogP contribution in [0.3, 0.4) is 0 Å². The van der Waals surface area contributed by atoms with Gasteiger partial charge in [0, 0.05) is 25.6 Å². The first kappa shape index (κ1) is 10.3. The van der Waals surface area contributed by atoms with Gasteiger partial charge in [0.1, 0.15) is 6.61 Å². The van der Waals surface area contributed by atoms with E-state index in [0.717, 1.165) is 0 Å². The third-order valence-electron chi connectivity index (χ3n) is 2.92.